The smallest absolute Gasteiger partial charge is 0.148 e. The lowest BCUT2D eigenvalue weighted by atomic mass is 9.99. The van der Waals surface area contributed by atoms with Crippen LogP contribution in [0, 0.1) is 11.7 Å². The summed E-state index contributed by atoms with van der Waals surface area (Å²) in [7, 11) is 1.80. The number of rotatable bonds is 2. The van der Waals surface area contributed by atoms with Gasteiger partial charge in [-0.15, -0.1) is 0 Å². The third-order valence-corrected chi connectivity index (χ3v) is 3.36. The van der Waals surface area contributed by atoms with Crippen LogP contribution < -0.4 is 10.2 Å². The van der Waals surface area contributed by atoms with Gasteiger partial charge in [-0.25, -0.2) is 4.39 Å². The Kier molecular flexibility index (Phi) is 3.32. The van der Waals surface area contributed by atoms with Gasteiger partial charge in [0.05, 0.1) is 5.69 Å². The number of halogens is 1. The SMILES string of the molecule is CNc1ccc(N2CCC(C)CC2)c(F)c1. The van der Waals surface area contributed by atoms with E-state index in [1.165, 1.54) is 0 Å². The van der Waals surface area contributed by atoms with Crippen molar-refractivity contribution in [2.24, 2.45) is 5.92 Å². The molecule has 2 rings (SSSR count). The van der Waals surface area contributed by atoms with Crippen molar-refractivity contribution in [2.75, 3.05) is 30.4 Å². The van der Waals surface area contributed by atoms with Gasteiger partial charge >= 0.3 is 0 Å². The summed E-state index contributed by atoms with van der Waals surface area (Å²) in [6.45, 7) is 4.20. The standard InChI is InChI=1S/C13H19FN2/c1-10-5-7-16(8-6-10)13-4-3-11(15-2)9-12(13)14/h3-4,9-10,15H,5-8H2,1-2H3. The highest BCUT2D eigenvalue weighted by atomic mass is 19.1. The molecule has 88 valence electrons. The molecular formula is C13H19FN2. The van der Waals surface area contributed by atoms with Crippen LogP contribution in [0.25, 0.3) is 0 Å². The summed E-state index contributed by atoms with van der Waals surface area (Å²) in [5.74, 6) is 0.650. The molecule has 0 aromatic heterocycles. The van der Waals surface area contributed by atoms with Gasteiger partial charge in [-0.3, -0.25) is 0 Å². The molecule has 1 aromatic rings. The first kappa shape index (κ1) is 11.2. The molecule has 3 heteroatoms. The summed E-state index contributed by atoms with van der Waals surface area (Å²) in [4.78, 5) is 2.15. The Morgan fingerprint density at radius 2 is 2.00 bits per heavy atom. The van der Waals surface area contributed by atoms with E-state index >= 15 is 0 Å². The maximum atomic E-state index is 13.8. The van der Waals surface area contributed by atoms with E-state index in [1.54, 1.807) is 13.1 Å². The lowest BCUT2D eigenvalue weighted by Gasteiger charge is -2.32. The maximum absolute atomic E-state index is 13.8. The Bertz CT molecular complexity index is 357. The molecule has 1 N–H and O–H groups in total. The zero-order valence-corrected chi connectivity index (χ0v) is 9.96. The molecule has 1 aliphatic rings. The molecule has 0 amide bonds. The molecule has 2 nitrogen and oxygen atoms in total. The average Bonchev–Trinajstić information content (AvgIpc) is 2.30. The van der Waals surface area contributed by atoms with Crippen molar-refractivity contribution in [3.05, 3.63) is 24.0 Å². The summed E-state index contributed by atoms with van der Waals surface area (Å²) < 4.78 is 13.8. The predicted octanol–water partition coefficient (Wildman–Crippen LogP) is 3.10. The third kappa shape index (κ3) is 2.29. The molecule has 0 unspecified atom stereocenters. The third-order valence-electron chi connectivity index (χ3n) is 3.36. The lowest BCUT2D eigenvalue weighted by Crippen LogP contribution is -2.33. The Morgan fingerprint density at radius 3 is 2.56 bits per heavy atom. The molecule has 1 saturated heterocycles. The number of hydrogen-bond donors (Lipinski definition) is 1. The minimum absolute atomic E-state index is 0.124. The summed E-state index contributed by atoms with van der Waals surface area (Å²) in [5, 5.41) is 2.95. The second kappa shape index (κ2) is 4.73. The van der Waals surface area contributed by atoms with E-state index < -0.39 is 0 Å². The van der Waals surface area contributed by atoms with Crippen molar-refractivity contribution in [1.82, 2.24) is 0 Å². The van der Waals surface area contributed by atoms with Crippen LogP contribution in [-0.4, -0.2) is 20.1 Å². The van der Waals surface area contributed by atoms with E-state index in [2.05, 4.69) is 17.1 Å². The van der Waals surface area contributed by atoms with Crippen molar-refractivity contribution < 1.29 is 4.39 Å². The van der Waals surface area contributed by atoms with Gasteiger partial charge in [0.15, 0.2) is 0 Å². The summed E-state index contributed by atoms with van der Waals surface area (Å²) in [5.41, 5.74) is 1.57. The van der Waals surface area contributed by atoms with Gasteiger partial charge in [-0.05, 0) is 37.0 Å². The van der Waals surface area contributed by atoms with Crippen LogP contribution in [0.15, 0.2) is 18.2 Å². The fourth-order valence-electron chi connectivity index (χ4n) is 2.17. The van der Waals surface area contributed by atoms with Crippen molar-refractivity contribution in [3.8, 4) is 0 Å². The lowest BCUT2D eigenvalue weighted by molar-refractivity contribution is 0.434. The van der Waals surface area contributed by atoms with Gasteiger partial charge in [0.25, 0.3) is 0 Å². The Labute approximate surface area is 96.5 Å². The van der Waals surface area contributed by atoms with Gasteiger partial charge in [0.2, 0.25) is 0 Å². The highest BCUT2D eigenvalue weighted by Crippen LogP contribution is 2.27. The number of piperidine rings is 1. The first-order valence-corrected chi connectivity index (χ1v) is 5.93. The normalized spacial score (nSPS) is 17.6. The van der Waals surface area contributed by atoms with Crippen LogP contribution in [-0.2, 0) is 0 Å². The maximum Gasteiger partial charge on any atom is 0.148 e. The number of nitrogens with one attached hydrogen (secondary N) is 1. The predicted molar refractivity (Wildman–Crippen MR) is 66.6 cm³/mol. The Hall–Kier alpha value is -1.25. The first-order valence-electron chi connectivity index (χ1n) is 5.93. The highest BCUT2D eigenvalue weighted by molar-refractivity contribution is 5.56. The zero-order valence-electron chi connectivity index (χ0n) is 9.96. The molecule has 1 aliphatic heterocycles. The van der Waals surface area contributed by atoms with Crippen molar-refractivity contribution >= 4 is 11.4 Å². The van der Waals surface area contributed by atoms with E-state index in [0.717, 1.165) is 43.2 Å². The van der Waals surface area contributed by atoms with Crippen molar-refractivity contribution in [3.63, 3.8) is 0 Å². The van der Waals surface area contributed by atoms with E-state index in [4.69, 9.17) is 0 Å². The summed E-state index contributed by atoms with van der Waals surface area (Å²) in [6.07, 6.45) is 2.32. The topological polar surface area (TPSA) is 15.3 Å². The molecule has 1 fully saturated rings. The quantitative estimate of drug-likeness (QED) is 0.827. The Morgan fingerprint density at radius 1 is 1.31 bits per heavy atom. The molecule has 0 radical (unpaired) electrons. The largest absolute Gasteiger partial charge is 0.388 e. The fourth-order valence-corrected chi connectivity index (χ4v) is 2.17. The van der Waals surface area contributed by atoms with Gasteiger partial charge in [-0.1, -0.05) is 6.92 Å². The van der Waals surface area contributed by atoms with Crippen LogP contribution in [0.5, 0.6) is 0 Å². The van der Waals surface area contributed by atoms with Crippen molar-refractivity contribution in [2.45, 2.75) is 19.8 Å². The molecule has 0 spiro atoms. The number of anilines is 2. The van der Waals surface area contributed by atoms with Gasteiger partial charge in [0, 0.05) is 25.8 Å². The van der Waals surface area contributed by atoms with Gasteiger partial charge in [-0.2, -0.15) is 0 Å². The molecule has 1 aromatic carbocycles. The minimum atomic E-state index is -0.124. The molecule has 0 saturated carbocycles. The molecule has 0 atom stereocenters. The van der Waals surface area contributed by atoms with E-state index in [1.807, 2.05) is 12.1 Å². The summed E-state index contributed by atoms with van der Waals surface area (Å²) >= 11 is 0. The fraction of sp³-hybridized carbons (Fsp3) is 0.538. The molecule has 1 heterocycles. The van der Waals surface area contributed by atoms with Crippen molar-refractivity contribution in [1.29, 1.82) is 0 Å². The van der Waals surface area contributed by atoms with Crippen LogP contribution >= 0.6 is 0 Å². The zero-order chi connectivity index (χ0) is 11.5. The molecular weight excluding hydrogens is 203 g/mol. The van der Waals surface area contributed by atoms with E-state index in [0.29, 0.717) is 0 Å². The Balaban J connectivity index is 2.14. The first-order chi connectivity index (χ1) is 7.70. The second-order valence-corrected chi connectivity index (χ2v) is 4.59. The van der Waals surface area contributed by atoms with Crippen LogP contribution in [0.1, 0.15) is 19.8 Å². The highest BCUT2D eigenvalue weighted by Gasteiger charge is 2.18. The van der Waals surface area contributed by atoms with Gasteiger partial charge in [0.1, 0.15) is 5.82 Å². The number of benzene rings is 1. The molecule has 0 bridgehead atoms. The van der Waals surface area contributed by atoms with E-state index in [-0.39, 0.29) is 5.82 Å². The van der Waals surface area contributed by atoms with Gasteiger partial charge < -0.3 is 10.2 Å². The monoisotopic (exact) mass is 222 g/mol. The average molecular weight is 222 g/mol. The molecule has 0 aliphatic carbocycles. The molecule has 16 heavy (non-hydrogen) atoms. The van der Waals surface area contributed by atoms with Crippen LogP contribution in [0.3, 0.4) is 0 Å². The van der Waals surface area contributed by atoms with Crippen LogP contribution in [0.4, 0.5) is 15.8 Å². The second-order valence-electron chi connectivity index (χ2n) is 4.59. The number of nitrogens with zero attached hydrogens (tertiary/aromatic N) is 1. The minimum Gasteiger partial charge on any atom is -0.388 e. The summed E-state index contributed by atoms with van der Waals surface area (Å²) in [6, 6.07) is 5.36. The van der Waals surface area contributed by atoms with E-state index in [9.17, 15) is 4.39 Å². The number of hydrogen-bond acceptors (Lipinski definition) is 2. The van der Waals surface area contributed by atoms with Crippen LogP contribution in [0.2, 0.25) is 0 Å².